The molecule has 3 rings (SSSR count). The number of piperazine rings is 1. The minimum absolute atomic E-state index is 0.0141. The number of hydrogen-bond donors (Lipinski definition) is 3. The van der Waals surface area contributed by atoms with Crippen LogP contribution in [0.1, 0.15) is 55.4 Å². The first-order valence-corrected chi connectivity index (χ1v) is 15.0. The summed E-state index contributed by atoms with van der Waals surface area (Å²) in [7, 11) is 0. The molecule has 1 saturated heterocycles. The Bertz CT molecular complexity index is 1170. The second-order valence-corrected chi connectivity index (χ2v) is 12.5. The molecule has 1 fully saturated rings. The first kappa shape index (κ1) is 32.2. The summed E-state index contributed by atoms with van der Waals surface area (Å²) in [5.74, 6) is 0.665. The van der Waals surface area contributed by atoms with Gasteiger partial charge in [0.1, 0.15) is 0 Å². The third-order valence-corrected chi connectivity index (χ3v) is 8.39. The molecule has 0 aliphatic carbocycles. The summed E-state index contributed by atoms with van der Waals surface area (Å²) in [6, 6.07) is 12.2. The molecule has 0 saturated carbocycles. The number of guanidine groups is 1. The maximum atomic E-state index is 13.7. The number of aryl methyl sites for hydroxylation is 2. The lowest BCUT2D eigenvalue weighted by atomic mass is 9.93. The third-order valence-electron chi connectivity index (χ3n) is 7.65. The fraction of sp³-hybridized carbons (Fsp3) is 0.548. The van der Waals surface area contributed by atoms with Crippen molar-refractivity contribution in [1.29, 1.82) is 0 Å². The van der Waals surface area contributed by atoms with Crippen molar-refractivity contribution in [2.75, 3.05) is 26.2 Å². The summed E-state index contributed by atoms with van der Waals surface area (Å²) in [6.07, 6.45) is 3.74. The summed E-state index contributed by atoms with van der Waals surface area (Å²) < 4.78 is 0. The molecule has 3 atom stereocenters. The molecule has 1 aliphatic heterocycles. The van der Waals surface area contributed by atoms with Crippen LogP contribution >= 0.6 is 23.2 Å². The van der Waals surface area contributed by atoms with Crippen molar-refractivity contribution >= 4 is 35.1 Å². The minimum Gasteiger partial charge on any atom is -0.370 e. The topological polar surface area (TPSA) is 114 Å². The normalized spacial score (nSPS) is 18.6. The standard InChI is InChI=1S/C31H46Cl2N6O/c1-20(2)12-27-18-38(17-25(34)16-24-9-7-21(3)13-22(24)4)26(6-5-11-37-31(35)36)19-39(27)30(40)15-23-8-10-28(32)29(33)14-23/h7-10,13-14,20,25-27H,5-6,11-12,15-19,34H2,1-4H3,(H4,35,36,37)/t25-,26?,27+/m0/s1. The molecule has 40 heavy (non-hydrogen) atoms. The summed E-state index contributed by atoms with van der Waals surface area (Å²) >= 11 is 12.3. The average molecular weight is 590 g/mol. The lowest BCUT2D eigenvalue weighted by Crippen LogP contribution is -2.62. The molecule has 2 aromatic carbocycles. The molecular weight excluding hydrogens is 543 g/mol. The molecule has 0 aromatic heterocycles. The van der Waals surface area contributed by atoms with Gasteiger partial charge in [0.05, 0.1) is 16.5 Å². The summed E-state index contributed by atoms with van der Waals surface area (Å²) in [5, 5.41) is 0.952. The Morgan fingerprint density at radius 2 is 1.80 bits per heavy atom. The zero-order valence-corrected chi connectivity index (χ0v) is 25.9. The minimum atomic E-state index is -0.0141. The van der Waals surface area contributed by atoms with Crippen LogP contribution in [0.5, 0.6) is 0 Å². The zero-order chi connectivity index (χ0) is 29.4. The van der Waals surface area contributed by atoms with Gasteiger partial charge >= 0.3 is 0 Å². The van der Waals surface area contributed by atoms with Crippen LogP contribution in [0.25, 0.3) is 0 Å². The second-order valence-electron chi connectivity index (χ2n) is 11.7. The van der Waals surface area contributed by atoms with Gasteiger partial charge in [-0.15, -0.1) is 0 Å². The molecule has 0 radical (unpaired) electrons. The van der Waals surface area contributed by atoms with E-state index in [4.69, 9.17) is 40.4 Å². The van der Waals surface area contributed by atoms with Gasteiger partial charge in [0.2, 0.25) is 5.91 Å². The molecule has 7 nitrogen and oxygen atoms in total. The maximum Gasteiger partial charge on any atom is 0.227 e. The Labute approximate surface area is 250 Å². The number of amides is 1. The molecule has 1 aliphatic rings. The van der Waals surface area contributed by atoms with Crippen molar-refractivity contribution in [2.24, 2.45) is 28.1 Å². The number of hydrogen-bond acceptors (Lipinski definition) is 4. The largest absolute Gasteiger partial charge is 0.370 e. The highest BCUT2D eigenvalue weighted by atomic mass is 35.5. The highest BCUT2D eigenvalue weighted by molar-refractivity contribution is 6.42. The summed E-state index contributed by atoms with van der Waals surface area (Å²) in [5.41, 5.74) is 22.6. The first-order valence-electron chi connectivity index (χ1n) is 14.3. The summed E-state index contributed by atoms with van der Waals surface area (Å²) in [6.45, 7) is 11.4. The van der Waals surface area contributed by atoms with Crippen LogP contribution in [-0.2, 0) is 17.6 Å². The fourth-order valence-electron chi connectivity index (χ4n) is 5.74. The smallest absolute Gasteiger partial charge is 0.227 e. The van der Waals surface area contributed by atoms with Crippen LogP contribution in [-0.4, -0.2) is 66.0 Å². The predicted molar refractivity (Wildman–Crippen MR) is 168 cm³/mol. The highest BCUT2D eigenvalue weighted by Crippen LogP contribution is 2.27. The molecule has 2 aromatic rings. The SMILES string of the molecule is Cc1ccc(C[C@H](N)CN2C[C@@H](CC(C)C)N(C(=O)Cc3ccc(Cl)c(Cl)c3)CC2CCCN=C(N)N)c(C)c1. The lowest BCUT2D eigenvalue weighted by molar-refractivity contribution is -0.138. The number of halogens is 2. The van der Waals surface area contributed by atoms with E-state index >= 15 is 0 Å². The Morgan fingerprint density at radius 3 is 2.45 bits per heavy atom. The molecular formula is C31H46Cl2N6O. The van der Waals surface area contributed by atoms with E-state index in [0.29, 0.717) is 35.5 Å². The van der Waals surface area contributed by atoms with Gasteiger partial charge in [0, 0.05) is 44.3 Å². The lowest BCUT2D eigenvalue weighted by Gasteiger charge is -2.48. The van der Waals surface area contributed by atoms with E-state index < -0.39 is 0 Å². The molecule has 6 N–H and O–H groups in total. The molecule has 0 spiro atoms. The van der Waals surface area contributed by atoms with Crippen molar-refractivity contribution in [2.45, 2.75) is 77.9 Å². The molecule has 220 valence electrons. The van der Waals surface area contributed by atoms with Crippen LogP contribution in [0, 0.1) is 19.8 Å². The van der Waals surface area contributed by atoms with Gasteiger partial charge in [-0.3, -0.25) is 14.7 Å². The number of carbonyl (C=O) groups is 1. The highest BCUT2D eigenvalue weighted by Gasteiger charge is 2.36. The number of benzene rings is 2. The van der Waals surface area contributed by atoms with Gasteiger partial charge in [-0.05, 0) is 74.3 Å². The van der Waals surface area contributed by atoms with Gasteiger partial charge in [-0.25, -0.2) is 0 Å². The Morgan fingerprint density at radius 1 is 1.05 bits per heavy atom. The van der Waals surface area contributed by atoms with Crippen molar-refractivity contribution in [3.8, 4) is 0 Å². The van der Waals surface area contributed by atoms with E-state index in [9.17, 15) is 4.79 Å². The number of carbonyl (C=O) groups excluding carboxylic acids is 1. The van der Waals surface area contributed by atoms with E-state index in [-0.39, 0.29) is 30.0 Å². The average Bonchev–Trinajstić information content (AvgIpc) is 2.86. The Kier molecular flexibility index (Phi) is 12.1. The Hall–Kier alpha value is -2.32. The molecule has 1 heterocycles. The van der Waals surface area contributed by atoms with Crippen LogP contribution in [0.3, 0.4) is 0 Å². The second kappa shape index (κ2) is 15.1. The van der Waals surface area contributed by atoms with Gasteiger partial charge in [-0.1, -0.05) is 66.9 Å². The van der Waals surface area contributed by atoms with E-state index in [1.54, 1.807) is 12.1 Å². The quantitative estimate of drug-likeness (QED) is 0.189. The number of aliphatic imine (C=N–C) groups is 1. The first-order chi connectivity index (χ1) is 18.9. The zero-order valence-electron chi connectivity index (χ0n) is 24.4. The predicted octanol–water partition coefficient (Wildman–Crippen LogP) is 4.70. The van der Waals surface area contributed by atoms with Crippen LogP contribution in [0.15, 0.2) is 41.4 Å². The third kappa shape index (κ3) is 9.65. The molecule has 9 heteroatoms. The van der Waals surface area contributed by atoms with Crippen molar-refractivity contribution < 1.29 is 4.79 Å². The molecule has 1 amide bonds. The monoisotopic (exact) mass is 588 g/mol. The molecule has 0 bridgehead atoms. The number of nitrogens with zero attached hydrogens (tertiary/aromatic N) is 3. The molecule has 1 unspecified atom stereocenters. The number of rotatable bonds is 12. The van der Waals surface area contributed by atoms with Crippen molar-refractivity contribution in [1.82, 2.24) is 9.80 Å². The van der Waals surface area contributed by atoms with E-state index in [1.807, 2.05) is 6.07 Å². The van der Waals surface area contributed by atoms with Gasteiger partial charge in [0.25, 0.3) is 0 Å². The summed E-state index contributed by atoms with van der Waals surface area (Å²) in [4.78, 5) is 22.5. The van der Waals surface area contributed by atoms with Crippen LogP contribution in [0.2, 0.25) is 10.0 Å². The van der Waals surface area contributed by atoms with Crippen molar-refractivity contribution in [3.63, 3.8) is 0 Å². The van der Waals surface area contributed by atoms with Gasteiger partial charge < -0.3 is 22.1 Å². The maximum absolute atomic E-state index is 13.7. The van der Waals surface area contributed by atoms with Crippen LogP contribution < -0.4 is 17.2 Å². The van der Waals surface area contributed by atoms with E-state index in [1.165, 1.54) is 16.7 Å². The van der Waals surface area contributed by atoms with E-state index in [0.717, 1.165) is 44.3 Å². The van der Waals surface area contributed by atoms with Gasteiger partial charge in [0.15, 0.2) is 5.96 Å². The van der Waals surface area contributed by atoms with Gasteiger partial charge in [-0.2, -0.15) is 0 Å². The fourth-order valence-corrected chi connectivity index (χ4v) is 6.06. The van der Waals surface area contributed by atoms with Crippen molar-refractivity contribution in [3.05, 3.63) is 68.7 Å². The number of nitrogens with two attached hydrogens (primary N) is 3. The van der Waals surface area contributed by atoms with E-state index in [2.05, 4.69) is 60.7 Å². The Balaban J connectivity index is 1.79. The van der Waals surface area contributed by atoms with Crippen LogP contribution in [0.4, 0.5) is 0 Å².